The molecule has 25 heavy (non-hydrogen) atoms. The highest BCUT2D eigenvalue weighted by molar-refractivity contribution is 6.02. The lowest BCUT2D eigenvalue weighted by Gasteiger charge is -2.11. The average molecular weight is 346 g/mol. The topological polar surface area (TPSA) is 90.7 Å². The van der Waals surface area contributed by atoms with Gasteiger partial charge in [0.15, 0.2) is 17.3 Å². The minimum Gasteiger partial charge on any atom is -0.493 e. The van der Waals surface area contributed by atoms with E-state index in [1.807, 2.05) is 0 Å². The summed E-state index contributed by atoms with van der Waals surface area (Å²) < 4.78 is 24.0. The third-order valence-corrected chi connectivity index (χ3v) is 3.28. The van der Waals surface area contributed by atoms with Crippen molar-refractivity contribution < 1.29 is 23.6 Å². The molecular weight excluding hydrogens is 331 g/mol. The third-order valence-electron chi connectivity index (χ3n) is 3.28. The van der Waals surface area contributed by atoms with E-state index in [1.165, 1.54) is 44.6 Å². The van der Waals surface area contributed by atoms with Crippen molar-refractivity contribution in [2.24, 2.45) is 0 Å². The summed E-state index contributed by atoms with van der Waals surface area (Å²) in [6, 6.07) is 8.32. The number of carbonyl (C=O) groups excluding carboxylic acids is 1. The summed E-state index contributed by atoms with van der Waals surface area (Å²) in [5.74, 6) is -0.912. The van der Waals surface area contributed by atoms with Crippen molar-refractivity contribution in [1.29, 1.82) is 0 Å². The lowest BCUT2D eigenvalue weighted by atomic mass is 10.1. The maximum atomic E-state index is 14.0. The van der Waals surface area contributed by atoms with Crippen molar-refractivity contribution in [3.8, 4) is 11.5 Å². The number of rotatable bonds is 6. The van der Waals surface area contributed by atoms with E-state index >= 15 is 0 Å². The van der Waals surface area contributed by atoms with Gasteiger partial charge in [-0.25, -0.2) is 4.39 Å². The molecule has 0 spiro atoms. The SMILES string of the molecule is COc1cc(F)c(NC(=O)C=Cc2ccccc2[N+](=O)[O-])cc1OC. The molecule has 2 aromatic rings. The first kappa shape index (κ1) is 17.9. The summed E-state index contributed by atoms with van der Waals surface area (Å²) in [5, 5.41) is 13.3. The maximum Gasteiger partial charge on any atom is 0.276 e. The first-order valence-corrected chi connectivity index (χ1v) is 7.10. The number of para-hydroxylation sites is 1. The fraction of sp³-hybridized carbons (Fsp3) is 0.118. The Hall–Kier alpha value is -3.42. The average Bonchev–Trinajstić information content (AvgIpc) is 2.61. The van der Waals surface area contributed by atoms with Crippen LogP contribution in [0.4, 0.5) is 15.8 Å². The Morgan fingerprint density at radius 3 is 2.48 bits per heavy atom. The van der Waals surface area contributed by atoms with E-state index in [-0.39, 0.29) is 28.4 Å². The van der Waals surface area contributed by atoms with Gasteiger partial charge in [0.25, 0.3) is 5.69 Å². The fourth-order valence-electron chi connectivity index (χ4n) is 2.08. The third kappa shape index (κ3) is 4.31. The second-order valence-electron chi connectivity index (χ2n) is 4.83. The van der Waals surface area contributed by atoms with Crippen molar-refractivity contribution in [1.82, 2.24) is 0 Å². The minimum atomic E-state index is -0.704. The molecule has 0 bridgehead atoms. The number of halogens is 1. The Morgan fingerprint density at radius 2 is 1.84 bits per heavy atom. The molecular formula is C17H15FN2O5. The van der Waals surface area contributed by atoms with Gasteiger partial charge in [0.2, 0.25) is 5.91 Å². The Labute approximate surface area is 142 Å². The van der Waals surface area contributed by atoms with Gasteiger partial charge in [-0.15, -0.1) is 0 Å². The zero-order chi connectivity index (χ0) is 18.4. The molecule has 2 rings (SSSR count). The summed E-state index contributed by atoms with van der Waals surface area (Å²) >= 11 is 0. The highest BCUT2D eigenvalue weighted by atomic mass is 19.1. The molecule has 0 aromatic heterocycles. The molecule has 0 fully saturated rings. The molecule has 0 aliphatic rings. The van der Waals surface area contributed by atoms with Gasteiger partial charge < -0.3 is 14.8 Å². The van der Waals surface area contributed by atoms with Gasteiger partial charge >= 0.3 is 0 Å². The number of nitrogens with zero attached hydrogens (tertiary/aromatic N) is 1. The normalized spacial score (nSPS) is 10.5. The number of anilines is 1. The summed E-state index contributed by atoms with van der Waals surface area (Å²) in [5.41, 5.74) is 0.0224. The zero-order valence-electron chi connectivity index (χ0n) is 13.5. The van der Waals surface area contributed by atoms with E-state index < -0.39 is 16.6 Å². The first-order valence-electron chi connectivity index (χ1n) is 7.10. The Kier molecular flexibility index (Phi) is 5.67. The molecule has 0 heterocycles. The van der Waals surface area contributed by atoms with Crippen LogP contribution < -0.4 is 14.8 Å². The van der Waals surface area contributed by atoms with Crippen molar-refractivity contribution in [2.75, 3.05) is 19.5 Å². The van der Waals surface area contributed by atoms with E-state index in [0.717, 1.165) is 12.1 Å². The van der Waals surface area contributed by atoms with Crippen molar-refractivity contribution >= 4 is 23.4 Å². The number of hydrogen-bond donors (Lipinski definition) is 1. The number of nitro groups is 1. The number of ether oxygens (including phenoxy) is 2. The maximum absolute atomic E-state index is 14.0. The molecule has 1 N–H and O–H groups in total. The molecule has 130 valence electrons. The zero-order valence-corrected chi connectivity index (χ0v) is 13.5. The standard InChI is InChI=1S/C17H15FN2O5/c1-24-15-9-12(18)13(10-16(15)25-2)19-17(21)8-7-11-5-3-4-6-14(11)20(22)23/h3-10H,1-2H3,(H,19,21). The van der Waals surface area contributed by atoms with Crippen LogP contribution in [0.3, 0.4) is 0 Å². The molecule has 0 aliphatic carbocycles. The highest BCUT2D eigenvalue weighted by Crippen LogP contribution is 2.32. The predicted octanol–water partition coefficient (Wildman–Crippen LogP) is 3.40. The summed E-state index contributed by atoms with van der Waals surface area (Å²) in [4.78, 5) is 22.3. The van der Waals surface area contributed by atoms with Crippen molar-refractivity contribution in [3.05, 3.63) is 64.0 Å². The second-order valence-corrected chi connectivity index (χ2v) is 4.83. The molecule has 2 aromatic carbocycles. The molecule has 0 unspecified atom stereocenters. The van der Waals surface area contributed by atoms with Crippen LogP contribution in [0.5, 0.6) is 11.5 Å². The molecule has 0 saturated carbocycles. The van der Waals surface area contributed by atoms with Gasteiger partial charge in [-0.2, -0.15) is 0 Å². The molecule has 1 amide bonds. The number of nitrogens with one attached hydrogen (secondary N) is 1. The fourth-order valence-corrected chi connectivity index (χ4v) is 2.08. The Bertz CT molecular complexity index is 836. The number of amides is 1. The number of carbonyl (C=O) groups is 1. The van der Waals surface area contributed by atoms with Crippen LogP contribution in [0.1, 0.15) is 5.56 Å². The molecule has 0 radical (unpaired) electrons. The number of hydrogen-bond acceptors (Lipinski definition) is 5. The summed E-state index contributed by atoms with van der Waals surface area (Å²) in [6.07, 6.45) is 2.37. The van der Waals surface area contributed by atoms with Crippen LogP contribution in [0, 0.1) is 15.9 Å². The van der Waals surface area contributed by atoms with Crippen LogP contribution in [-0.4, -0.2) is 25.1 Å². The van der Waals surface area contributed by atoms with Gasteiger partial charge in [0.1, 0.15) is 0 Å². The summed E-state index contributed by atoms with van der Waals surface area (Å²) in [6.45, 7) is 0. The van der Waals surface area contributed by atoms with Crippen LogP contribution >= 0.6 is 0 Å². The van der Waals surface area contributed by atoms with Gasteiger partial charge in [0.05, 0.1) is 30.4 Å². The first-order chi connectivity index (χ1) is 12.0. The van der Waals surface area contributed by atoms with Gasteiger partial charge in [-0.1, -0.05) is 12.1 Å². The van der Waals surface area contributed by atoms with E-state index in [4.69, 9.17) is 9.47 Å². The molecule has 8 heteroatoms. The second kappa shape index (κ2) is 7.91. The van der Waals surface area contributed by atoms with Gasteiger partial charge in [-0.3, -0.25) is 14.9 Å². The smallest absolute Gasteiger partial charge is 0.276 e. The molecule has 0 saturated heterocycles. The lowest BCUT2D eigenvalue weighted by molar-refractivity contribution is -0.385. The number of nitro benzene ring substituents is 1. The van der Waals surface area contributed by atoms with Crippen molar-refractivity contribution in [2.45, 2.75) is 0 Å². The molecule has 0 aliphatic heterocycles. The molecule has 7 nitrogen and oxygen atoms in total. The number of methoxy groups -OCH3 is 2. The molecule has 0 atom stereocenters. The largest absolute Gasteiger partial charge is 0.493 e. The van der Waals surface area contributed by atoms with Gasteiger partial charge in [-0.05, 0) is 12.1 Å². The Morgan fingerprint density at radius 1 is 1.20 bits per heavy atom. The van der Waals surface area contributed by atoms with E-state index in [0.29, 0.717) is 0 Å². The van der Waals surface area contributed by atoms with Crippen LogP contribution in [0.25, 0.3) is 6.08 Å². The quantitative estimate of drug-likeness (QED) is 0.492. The Balaban J connectivity index is 2.20. The lowest BCUT2D eigenvalue weighted by Crippen LogP contribution is -2.10. The highest BCUT2D eigenvalue weighted by Gasteiger charge is 2.13. The minimum absolute atomic E-state index is 0.102. The van der Waals surface area contributed by atoms with Crippen LogP contribution in [0.2, 0.25) is 0 Å². The van der Waals surface area contributed by atoms with Crippen LogP contribution in [0.15, 0.2) is 42.5 Å². The van der Waals surface area contributed by atoms with Gasteiger partial charge in [0, 0.05) is 24.3 Å². The number of benzene rings is 2. The summed E-state index contributed by atoms with van der Waals surface area (Å²) in [7, 11) is 2.75. The van der Waals surface area contributed by atoms with Crippen LogP contribution in [-0.2, 0) is 4.79 Å². The van der Waals surface area contributed by atoms with Crippen molar-refractivity contribution in [3.63, 3.8) is 0 Å². The van der Waals surface area contributed by atoms with E-state index in [2.05, 4.69) is 5.32 Å². The van der Waals surface area contributed by atoms with E-state index in [9.17, 15) is 19.3 Å². The predicted molar refractivity (Wildman–Crippen MR) is 90.3 cm³/mol. The monoisotopic (exact) mass is 346 g/mol. The van der Waals surface area contributed by atoms with E-state index in [1.54, 1.807) is 6.07 Å².